The molecule has 1 aliphatic heterocycles. The lowest BCUT2D eigenvalue weighted by molar-refractivity contribution is -0.440. The summed E-state index contributed by atoms with van der Waals surface area (Å²) in [5.74, 6) is -8.27. The molecule has 7 nitrogen and oxygen atoms in total. The third-order valence-electron chi connectivity index (χ3n) is 3.81. The van der Waals surface area contributed by atoms with Gasteiger partial charge in [0.1, 0.15) is 5.75 Å². The van der Waals surface area contributed by atoms with Crippen molar-refractivity contribution in [2.24, 2.45) is 0 Å². The number of hydrogen-bond donors (Lipinski definition) is 0. The lowest BCUT2D eigenvalue weighted by Gasteiger charge is -2.30. The summed E-state index contributed by atoms with van der Waals surface area (Å²) in [5, 5.41) is 0. The van der Waals surface area contributed by atoms with E-state index in [1.165, 1.54) is 31.4 Å². The molecule has 1 aliphatic rings. The molecule has 0 radical (unpaired) electrons. The zero-order valence-corrected chi connectivity index (χ0v) is 14.8. The minimum absolute atomic E-state index is 0.365. The van der Waals surface area contributed by atoms with Crippen molar-refractivity contribution in [1.82, 2.24) is 0 Å². The van der Waals surface area contributed by atoms with Crippen LogP contribution in [0.15, 0.2) is 24.3 Å². The molecule has 13 heteroatoms. The molecule has 1 saturated heterocycles. The zero-order chi connectivity index (χ0) is 22.0. The monoisotopic (exact) mass is 432 g/mol. The summed E-state index contributed by atoms with van der Waals surface area (Å²) < 4.78 is 100.0. The summed E-state index contributed by atoms with van der Waals surface area (Å²) in [7, 11) is 2.20. The lowest BCUT2D eigenvalue weighted by atomic mass is 10.2. The highest BCUT2D eigenvalue weighted by Gasteiger charge is 2.81. The Morgan fingerprint density at radius 3 is 2.07 bits per heavy atom. The molecule has 2 atom stereocenters. The minimum Gasteiger partial charge on any atom is -0.497 e. The molecule has 1 aromatic rings. The van der Waals surface area contributed by atoms with Gasteiger partial charge in [-0.3, -0.25) is 0 Å². The molecule has 0 N–H and O–H groups in total. The highest BCUT2D eigenvalue weighted by atomic mass is 19.4. The molecule has 1 fully saturated rings. The summed E-state index contributed by atoms with van der Waals surface area (Å²) in [4.78, 5) is 23.6. The maximum Gasteiger partial charge on any atom is 0.465 e. The molecular weight excluding hydrogens is 418 g/mol. The van der Waals surface area contributed by atoms with E-state index < -0.39 is 48.9 Å². The number of esters is 2. The predicted molar refractivity (Wildman–Crippen MR) is 79.4 cm³/mol. The van der Waals surface area contributed by atoms with Crippen LogP contribution in [0, 0.1) is 0 Å². The zero-order valence-electron chi connectivity index (χ0n) is 14.8. The number of alkyl halides is 6. The van der Waals surface area contributed by atoms with Crippen LogP contribution in [0.5, 0.6) is 5.75 Å². The summed E-state index contributed by atoms with van der Waals surface area (Å²) in [6.45, 7) is -0.470. The SMILES string of the molecule is COC(=O)[C@H](OCc1ccc(OC)cc1)[C@H]1OC(C(F)(F)F)(C(F)(F)F)OC1=O. The molecule has 0 saturated carbocycles. The van der Waals surface area contributed by atoms with Crippen molar-refractivity contribution in [3.8, 4) is 5.75 Å². The van der Waals surface area contributed by atoms with Crippen LogP contribution in [-0.4, -0.2) is 56.5 Å². The van der Waals surface area contributed by atoms with Crippen LogP contribution in [0.3, 0.4) is 0 Å². The quantitative estimate of drug-likeness (QED) is 0.505. The minimum atomic E-state index is -6.16. The maximum atomic E-state index is 13.0. The average molecular weight is 432 g/mol. The van der Waals surface area contributed by atoms with Gasteiger partial charge in [0.2, 0.25) is 0 Å². The predicted octanol–water partition coefficient (Wildman–Crippen LogP) is 2.52. The smallest absolute Gasteiger partial charge is 0.465 e. The van der Waals surface area contributed by atoms with E-state index in [2.05, 4.69) is 14.2 Å². The van der Waals surface area contributed by atoms with Crippen LogP contribution in [0.1, 0.15) is 5.56 Å². The molecule has 1 aromatic carbocycles. The Hall–Kier alpha value is -2.54. The van der Waals surface area contributed by atoms with E-state index in [0.717, 1.165) is 7.11 Å². The third kappa shape index (κ3) is 4.40. The van der Waals surface area contributed by atoms with E-state index >= 15 is 0 Å². The Bertz CT molecular complexity index is 730. The van der Waals surface area contributed by atoms with Crippen molar-refractivity contribution >= 4 is 11.9 Å². The van der Waals surface area contributed by atoms with Crippen LogP contribution >= 0.6 is 0 Å². The second kappa shape index (κ2) is 8.06. The second-order valence-corrected chi connectivity index (χ2v) is 5.67. The summed E-state index contributed by atoms with van der Waals surface area (Å²) in [6, 6.07) is 5.89. The average Bonchev–Trinajstić information content (AvgIpc) is 3.01. The number of halogens is 6. The van der Waals surface area contributed by atoms with Crippen molar-refractivity contribution < 1.29 is 59.6 Å². The number of carbonyl (C=O) groups is 2. The van der Waals surface area contributed by atoms with Gasteiger partial charge in [0, 0.05) is 0 Å². The fourth-order valence-corrected chi connectivity index (χ4v) is 2.35. The molecule has 1 heterocycles. The number of benzene rings is 1. The summed E-state index contributed by atoms with van der Waals surface area (Å²) >= 11 is 0. The van der Waals surface area contributed by atoms with Crippen molar-refractivity contribution in [1.29, 1.82) is 0 Å². The number of carbonyl (C=O) groups excluding carboxylic acids is 2. The highest BCUT2D eigenvalue weighted by molar-refractivity contribution is 5.87. The van der Waals surface area contributed by atoms with Crippen LogP contribution < -0.4 is 4.74 Å². The van der Waals surface area contributed by atoms with E-state index in [0.29, 0.717) is 11.3 Å². The Balaban J connectivity index is 2.27. The van der Waals surface area contributed by atoms with Gasteiger partial charge in [-0.25, -0.2) is 9.59 Å². The molecule has 29 heavy (non-hydrogen) atoms. The largest absolute Gasteiger partial charge is 0.497 e. The van der Waals surface area contributed by atoms with Gasteiger partial charge in [-0.05, 0) is 17.7 Å². The van der Waals surface area contributed by atoms with Crippen LogP contribution in [0.25, 0.3) is 0 Å². The first-order valence-corrected chi connectivity index (χ1v) is 7.72. The van der Waals surface area contributed by atoms with E-state index in [1.54, 1.807) is 0 Å². The number of methoxy groups -OCH3 is 2. The van der Waals surface area contributed by atoms with E-state index in [9.17, 15) is 35.9 Å². The Labute approximate surface area is 159 Å². The first kappa shape index (κ1) is 22.7. The number of rotatable bonds is 6. The van der Waals surface area contributed by atoms with Crippen molar-refractivity contribution in [3.05, 3.63) is 29.8 Å². The Morgan fingerprint density at radius 2 is 1.66 bits per heavy atom. The first-order valence-electron chi connectivity index (χ1n) is 7.72. The van der Waals surface area contributed by atoms with Crippen molar-refractivity contribution in [2.45, 2.75) is 37.0 Å². The van der Waals surface area contributed by atoms with Gasteiger partial charge in [0.05, 0.1) is 20.8 Å². The highest BCUT2D eigenvalue weighted by Crippen LogP contribution is 2.50. The summed E-state index contributed by atoms with van der Waals surface area (Å²) in [5.41, 5.74) is 0.365. The molecule has 162 valence electrons. The number of hydrogen-bond acceptors (Lipinski definition) is 7. The van der Waals surface area contributed by atoms with Gasteiger partial charge in [-0.1, -0.05) is 12.1 Å². The van der Waals surface area contributed by atoms with Crippen LogP contribution in [-0.2, 0) is 35.1 Å². The maximum absolute atomic E-state index is 13.0. The van der Waals surface area contributed by atoms with Crippen LogP contribution in [0.4, 0.5) is 26.3 Å². The molecule has 0 aliphatic carbocycles. The van der Waals surface area contributed by atoms with E-state index in [1.807, 2.05) is 0 Å². The third-order valence-corrected chi connectivity index (χ3v) is 3.81. The number of ether oxygens (including phenoxy) is 5. The second-order valence-electron chi connectivity index (χ2n) is 5.67. The molecule has 0 spiro atoms. The first-order chi connectivity index (χ1) is 13.4. The topological polar surface area (TPSA) is 80.3 Å². The molecule has 0 unspecified atom stereocenters. The van der Waals surface area contributed by atoms with Crippen molar-refractivity contribution in [3.63, 3.8) is 0 Å². The number of cyclic esters (lactones) is 1. The van der Waals surface area contributed by atoms with Crippen LogP contribution in [0.2, 0.25) is 0 Å². The Kier molecular flexibility index (Phi) is 6.33. The lowest BCUT2D eigenvalue weighted by Crippen LogP contribution is -2.58. The fraction of sp³-hybridized carbons (Fsp3) is 0.500. The summed E-state index contributed by atoms with van der Waals surface area (Å²) in [6.07, 6.45) is -17.2. The van der Waals surface area contributed by atoms with Gasteiger partial charge in [0.15, 0.2) is 12.2 Å². The Morgan fingerprint density at radius 1 is 1.10 bits per heavy atom. The van der Waals surface area contributed by atoms with Gasteiger partial charge in [-0.2, -0.15) is 26.3 Å². The molecule has 2 rings (SSSR count). The normalized spacial score (nSPS) is 20.1. The van der Waals surface area contributed by atoms with Gasteiger partial charge >= 0.3 is 30.1 Å². The van der Waals surface area contributed by atoms with E-state index in [-0.39, 0.29) is 0 Å². The van der Waals surface area contributed by atoms with E-state index in [4.69, 9.17) is 9.47 Å². The van der Waals surface area contributed by atoms with Crippen molar-refractivity contribution in [2.75, 3.05) is 14.2 Å². The molecule has 0 aromatic heterocycles. The fourth-order valence-electron chi connectivity index (χ4n) is 2.35. The van der Waals surface area contributed by atoms with Gasteiger partial charge in [0.25, 0.3) is 0 Å². The van der Waals surface area contributed by atoms with Gasteiger partial charge in [-0.15, -0.1) is 0 Å². The molecular formula is C16H14F6O7. The van der Waals surface area contributed by atoms with Gasteiger partial charge < -0.3 is 23.7 Å². The standard InChI is InChI=1S/C16H14F6O7/c1-25-9-5-3-8(4-6-9)7-27-10(12(23)26-2)11-13(24)29-14(28-11,15(17,18)19)16(20,21)22/h3-6,10-11H,7H2,1-2H3/t10-,11-/m1/s1. The molecule has 0 bridgehead atoms. The molecule has 0 amide bonds.